The number of carbonyl (C=O) groups excluding carboxylic acids is 1. The minimum atomic E-state index is -3.61. The normalized spacial score (nSPS) is 16.8. The molecule has 0 aliphatic carbocycles. The van der Waals surface area contributed by atoms with E-state index in [2.05, 4.69) is 4.98 Å². The molecule has 1 aromatic rings. The van der Waals surface area contributed by atoms with Crippen LogP contribution in [0.2, 0.25) is 0 Å². The standard InChI is InChI=1S/C17H31N5O3S.ClH/c1-13-19-15(10-20(13)4)26(24,25)22-8-6-14(7-9-22)16(23)21(5)12-17(2,3)11-18;/h10,14H,6-9,11-12,18H2,1-5H3;1H. The maximum absolute atomic E-state index is 12.7. The van der Waals surface area contributed by atoms with Crippen molar-refractivity contribution in [2.24, 2.45) is 24.1 Å². The molecule has 156 valence electrons. The summed E-state index contributed by atoms with van der Waals surface area (Å²) < 4.78 is 28.6. The zero-order valence-electron chi connectivity index (χ0n) is 16.8. The molecule has 0 spiro atoms. The lowest BCUT2D eigenvalue weighted by Gasteiger charge is -2.34. The number of nitrogens with zero attached hydrogens (tertiary/aromatic N) is 4. The molecular formula is C17H32ClN5O3S. The zero-order valence-corrected chi connectivity index (χ0v) is 18.4. The molecule has 27 heavy (non-hydrogen) atoms. The summed E-state index contributed by atoms with van der Waals surface area (Å²) in [5.74, 6) is 0.570. The van der Waals surface area contributed by atoms with Crippen LogP contribution in [0.25, 0.3) is 0 Å². The number of halogens is 1. The average molecular weight is 422 g/mol. The van der Waals surface area contributed by atoms with E-state index in [1.807, 2.05) is 13.8 Å². The summed E-state index contributed by atoms with van der Waals surface area (Å²) in [7, 11) is -0.0459. The Bertz CT molecular complexity index is 735. The van der Waals surface area contributed by atoms with Crippen LogP contribution in [0.15, 0.2) is 11.2 Å². The number of rotatable bonds is 6. The van der Waals surface area contributed by atoms with E-state index in [0.717, 1.165) is 0 Å². The van der Waals surface area contributed by atoms with Gasteiger partial charge >= 0.3 is 0 Å². The van der Waals surface area contributed by atoms with E-state index < -0.39 is 10.0 Å². The Hall–Kier alpha value is -1.16. The van der Waals surface area contributed by atoms with Gasteiger partial charge in [0.25, 0.3) is 10.0 Å². The monoisotopic (exact) mass is 421 g/mol. The predicted octanol–water partition coefficient (Wildman–Crippen LogP) is 0.994. The Kier molecular flexibility index (Phi) is 7.87. The van der Waals surface area contributed by atoms with Gasteiger partial charge in [-0.1, -0.05) is 13.8 Å². The first-order valence-electron chi connectivity index (χ1n) is 8.93. The Morgan fingerprint density at radius 2 is 1.93 bits per heavy atom. The van der Waals surface area contributed by atoms with Crippen LogP contribution >= 0.6 is 12.4 Å². The molecule has 1 saturated heterocycles. The first-order valence-corrected chi connectivity index (χ1v) is 10.4. The first-order chi connectivity index (χ1) is 12.0. The third kappa shape index (κ3) is 5.43. The minimum Gasteiger partial charge on any atom is -0.345 e. The third-order valence-corrected chi connectivity index (χ3v) is 6.86. The zero-order chi connectivity index (χ0) is 19.7. The minimum absolute atomic E-state index is 0. The highest BCUT2D eigenvalue weighted by Gasteiger charge is 2.35. The predicted molar refractivity (Wildman–Crippen MR) is 107 cm³/mol. The molecule has 0 atom stereocenters. The van der Waals surface area contributed by atoms with Crippen molar-refractivity contribution in [2.45, 2.75) is 38.6 Å². The van der Waals surface area contributed by atoms with Gasteiger partial charge in [0.2, 0.25) is 5.91 Å². The van der Waals surface area contributed by atoms with Crippen LogP contribution in [0.5, 0.6) is 0 Å². The van der Waals surface area contributed by atoms with Crippen molar-refractivity contribution in [3.05, 3.63) is 12.0 Å². The number of piperidine rings is 1. The summed E-state index contributed by atoms with van der Waals surface area (Å²) in [5.41, 5.74) is 5.61. The molecule has 0 unspecified atom stereocenters. The fourth-order valence-electron chi connectivity index (χ4n) is 3.22. The van der Waals surface area contributed by atoms with Gasteiger partial charge in [0.15, 0.2) is 5.03 Å². The van der Waals surface area contributed by atoms with E-state index in [1.54, 1.807) is 30.5 Å². The van der Waals surface area contributed by atoms with Crippen LogP contribution in [0.3, 0.4) is 0 Å². The molecule has 1 aliphatic rings. The Labute approximate surface area is 168 Å². The fourth-order valence-corrected chi connectivity index (χ4v) is 4.72. The van der Waals surface area contributed by atoms with Crippen molar-refractivity contribution in [3.63, 3.8) is 0 Å². The molecule has 1 aliphatic heterocycles. The van der Waals surface area contributed by atoms with Crippen LogP contribution in [0, 0.1) is 18.3 Å². The summed E-state index contributed by atoms with van der Waals surface area (Å²) >= 11 is 0. The molecule has 1 aromatic heterocycles. The highest BCUT2D eigenvalue weighted by molar-refractivity contribution is 7.89. The van der Waals surface area contributed by atoms with E-state index in [1.165, 1.54) is 10.5 Å². The summed E-state index contributed by atoms with van der Waals surface area (Å²) in [4.78, 5) is 18.5. The largest absolute Gasteiger partial charge is 0.345 e. The molecule has 8 nitrogen and oxygen atoms in total. The SMILES string of the molecule is Cc1nc(S(=O)(=O)N2CCC(C(=O)N(C)CC(C)(C)CN)CC2)cn1C.Cl. The molecule has 1 fully saturated rings. The number of imidazole rings is 1. The molecule has 2 N–H and O–H groups in total. The van der Waals surface area contributed by atoms with Crippen molar-refractivity contribution < 1.29 is 13.2 Å². The second-order valence-corrected chi connectivity index (χ2v) is 9.86. The second kappa shape index (κ2) is 8.89. The van der Waals surface area contributed by atoms with Gasteiger partial charge in [-0.05, 0) is 31.7 Å². The lowest BCUT2D eigenvalue weighted by molar-refractivity contribution is -0.136. The second-order valence-electron chi connectivity index (χ2n) is 7.98. The van der Waals surface area contributed by atoms with Gasteiger partial charge in [-0.15, -0.1) is 12.4 Å². The number of amides is 1. The summed E-state index contributed by atoms with van der Waals surface area (Å²) in [6, 6.07) is 0. The lowest BCUT2D eigenvalue weighted by Crippen LogP contribution is -2.46. The van der Waals surface area contributed by atoms with E-state index in [-0.39, 0.29) is 34.7 Å². The molecule has 0 radical (unpaired) electrons. The number of carbonyl (C=O) groups is 1. The van der Waals surface area contributed by atoms with Gasteiger partial charge in [-0.25, -0.2) is 13.4 Å². The van der Waals surface area contributed by atoms with Gasteiger partial charge in [0, 0.05) is 45.8 Å². The average Bonchev–Trinajstić information content (AvgIpc) is 2.93. The molecule has 0 bridgehead atoms. The van der Waals surface area contributed by atoms with Crippen molar-refractivity contribution in [1.82, 2.24) is 18.8 Å². The molecule has 10 heteroatoms. The molecule has 0 aromatic carbocycles. The van der Waals surface area contributed by atoms with Gasteiger partial charge in [0.1, 0.15) is 5.82 Å². The maximum Gasteiger partial charge on any atom is 0.262 e. The molecule has 0 saturated carbocycles. The Morgan fingerprint density at radius 1 is 1.37 bits per heavy atom. The van der Waals surface area contributed by atoms with Gasteiger partial charge < -0.3 is 15.2 Å². The van der Waals surface area contributed by atoms with Gasteiger partial charge in [0.05, 0.1) is 0 Å². The van der Waals surface area contributed by atoms with E-state index in [0.29, 0.717) is 44.8 Å². The summed E-state index contributed by atoms with van der Waals surface area (Å²) in [5, 5.41) is 0.0732. The van der Waals surface area contributed by atoms with Crippen LogP contribution < -0.4 is 5.73 Å². The number of hydrogen-bond acceptors (Lipinski definition) is 5. The highest BCUT2D eigenvalue weighted by atomic mass is 35.5. The van der Waals surface area contributed by atoms with Crippen LogP contribution in [-0.2, 0) is 21.9 Å². The fraction of sp³-hybridized carbons (Fsp3) is 0.765. The lowest BCUT2D eigenvalue weighted by atomic mass is 9.91. The topological polar surface area (TPSA) is 102 Å². The van der Waals surface area contributed by atoms with Crippen LogP contribution in [0.1, 0.15) is 32.5 Å². The Morgan fingerprint density at radius 3 is 2.37 bits per heavy atom. The molecule has 2 heterocycles. The van der Waals surface area contributed by atoms with Gasteiger partial charge in [-0.3, -0.25) is 4.79 Å². The summed E-state index contributed by atoms with van der Waals surface area (Å²) in [6.07, 6.45) is 2.58. The summed E-state index contributed by atoms with van der Waals surface area (Å²) in [6.45, 7) is 7.59. The molecular weight excluding hydrogens is 390 g/mol. The van der Waals surface area contributed by atoms with Gasteiger partial charge in [-0.2, -0.15) is 4.31 Å². The maximum atomic E-state index is 12.7. The number of sulfonamides is 1. The molecule has 2 rings (SSSR count). The number of aromatic nitrogens is 2. The van der Waals surface area contributed by atoms with Crippen molar-refractivity contribution in [1.29, 1.82) is 0 Å². The van der Waals surface area contributed by atoms with E-state index in [9.17, 15) is 13.2 Å². The smallest absolute Gasteiger partial charge is 0.262 e. The van der Waals surface area contributed by atoms with E-state index in [4.69, 9.17) is 5.73 Å². The van der Waals surface area contributed by atoms with E-state index >= 15 is 0 Å². The highest BCUT2D eigenvalue weighted by Crippen LogP contribution is 2.25. The van der Waals surface area contributed by atoms with Crippen molar-refractivity contribution in [2.75, 3.05) is 33.2 Å². The number of aryl methyl sites for hydroxylation is 2. The number of nitrogens with two attached hydrogens (primary N) is 1. The van der Waals surface area contributed by atoms with Crippen molar-refractivity contribution in [3.8, 4) is 0 Å². The third-order valence-electron chi connectivity index (χ3n) is 5.09. The van der Waals surface area contributed by atoms with Crippen LogP contribution in [0.4, 0.5) is 0 Å². The quantitative estimate of drug-likeness (QED) is 0.738. The number of hydrogen-bond donors (Lipinski definition) is 1. The first kappa shape index (κ1) is 23.9. The molecule has 1 amide bonds. The van der Waals surface area contributed by atoms with Crippen molar-refractivity contribution >= 4 is 28.3 Å². The Balaban J connectivity index is 0.00000364. The van der Waals surface area contributed by atoms with Crippen LogP contribution in [-0.4, -0.2) is 66.3 Å².